The van der Waals surface area contributed by atoms with Gasteiger partial charge in [-0.2, -0.15) is 0 Å². The van der Waals surface area contributed by atoms with Crippen LogP contribution in [0.5, 0.6) is 5.75 Å². The number of aromatic amines is 1. The second-order valence-corrected chi connectivity index (χ2v) is 5.48. The number of ether oxygens (including phenoxy) is 1. The summed E-state index contributed by atoms with van der Waals surface area (Å²) in [5.74, 6) is -0.877. The molecule has 0 spiro atoms. The Balaban J connectivity index is 2.69. The van der Waals surface area contributed by atoms with Crippen LogP contribution in [0.4, 0.5) is 0 Å². The van der Waals surface area contributed by atoms with Gasteiger partial charge in [0.25, 0.3) is 5.56 Å². The number of carboxylic acids is 1. The molecule has 0 unspecified atom stereocenters. The lowest BCUT2D eigenvalue weighted by Gasteiger charge is -2.12. The number of rotatable bonds is 6. The van der Waals surface area contributed by atoms with Crippen molar-refractivity contribution in [2.45, 2.75) is 32.6 Å². The highest BCUT2D eigenvalue weighted by Crippen LogP contribution is 2.30. The maximum atomic E-state index is 12.0. The molecule has 0 radical (unpaired) electrons. The standard InChI is InChI=1S/C16H18ClNO4/c1-3-4-5-6-9-10-7-11(16(20)21)13(22-2)8-12(10)18-15(19)14(9)17/h7-8H,3-6H2,1-2H3,(H,18,19)(H,20,21). The maximum Gasteiger partial charge on any atom is 0.339 e. The van der Waals surface area contributed by atoms with E-state index in [-0.39, 0.29) is 21.9 Å². The highest BCUT2D eigenvalue weighted by molar-refractivity contribution is 6.32. The predicted molar refractivity (Wildman–Crippen MR) is 86.3 cm³/mol. The molecule has 2 aromatic rings. The first kappa shape index (κ1) is 16.4. The average molecular weight is 324 g/mol. The molecule has 0 saturated heterocycles. The summed E-state index contributed by atoms with van der Waals surface area (Å²) in [6.07, 6.45) is 3.60. The van der Waals surface area contributed by atoms with Gasteiger partial charge in [-0.05, 0) is 24.5 Å². The molecule has 0 atom stereocenters. The first-order valence-corrected chi connectivity index (χ1v) is 7.53. The number of carbonyl (C=O) groups is 1. The number of nitrogens with one attached hydrogen (secondary N) is 1. The Morgan fingerprint density at radius 3 is 2.68 bits per heavy atom. The molecule has 22 heavy (non-hydrogen) atoms. The van der Waals surface area contributed by atoms with Gasteiger partial charge in [-0.1, -0.05) is 31.4 Å². The van der Waals surface area contributed by atoms with Crippen LogP contribution in [0.2, 0.25) is 5.02 Å². The Morgan fingerprint density at radius 1 is 1.36 bits per heavy atom. The van der Waals surface area contributed by atoms with Crippen molar-refractivity contribution in [3.8, 4) is 5.75 Å². The molecule has 0 aliphatic carbocycles. The van der Waals surface area contributed by atoms with Crippen LogP contribution in [0.1, 0.15) is 42.1 Å². The minimum absolute atomic E-state index is 0.0508. The number of aryl methyl sites for hydroxylation is 1. The van der Waals surface area contributed by atoms with Gasteiger partial charge >= 0.3 is 5.97 Å². The summed E-state index contributed by atoms with van der Waals surface area (Å²) in [5, 5.41) is 10.1. The molecule has 0 aliphatic heterocycles. The molecule has 0 saturated carbocycles. The number of aromatic nitrogens is 1. The van der Waals surface area contributed by atoms with Gasteiger partial charge in [0, 0.05) is 11.5 Å². The largest absolute Gasteiger partial charge is 0.496 e. The van der Waals surface area contributed by atoms with E-state index in [1.807, 2.05) is 0 Å². The van der Waals surface area contributed by atoms with Gasteiger partial charge in [0.05, 0.1) is 12.6 Å². The summed E-state index contributed by atoms with van der Waals surface area (Å²) >= 11 is 6.13. The monoisotopic (exact) mass is 323 g/mol. The number of pyridine rings is 1. The number of fused-ring (bicyclic) bond motifs is 1. The number of hydrogen-bond donors (Lipinski definition) is 2. The Morgan fingerprint density at radius 2 is 2.09 bits per heavy atom. The average Bonchev–Trinajstić information content (AvgIpc) is 2.49. The molecular formula is C16H18ClNO4. The van der Waals surface area contributed by atoms with Gasteiger partial charge in [0.2, 0.25) is 0 Å². The molecule has 2 rings (SSSR count). The van der Waals surface area contributed by atoms with Crippen LogP contribution >= 0.6 is 11.6 Å². The lowest BCUT2D eigenvalue weighted by atomic mass is 10.0. The quantitative estimate of drug-likeness (QED) is 0.796. The maximum absolute atomic E-state index is 12.0. The van der Waals surface area contributed by atoms with Crippen molar-refractivity contribution >= 4 is 28.5 Å². The predicted octanol–water partition coefficient (Wildman–Crippen LogP) is 3.62. The molecule has 2 N–H and O–H groups in total. The van der Waals surface area contributed by atoms with Crippen LogP contribution in [0.15, 0.2) is 16.9 Å². The van der Waals surface area contributed by atoms with E-state index in [9.17, 15) is 14.7 Å². The molecule has 1 heterocycles. The van der Waals surface area contributed by atoms with Crippen molar-refractivity contribution in [2.24, 2.45) is 0 Å². The minimum Gasteiger partial charge on any atom is -0.496 e. The number of unbranched alkanes of at least 4 members (excludes halogenated alkanes) is 2. The molecule has 5 nitrogen and oxygen atoms in total. The van der Waals surface area contributed by atoms with Crippen LogP contribution in [0, 0.1) is 0 Å². The van der Waals surface area contributed by atoms with Crippen molar-refractivity contribution < 1.29 is 14.6 Å². The first-order chi connectivity index (χ1) is 10.5. The highest BCUT2D eigenvalue weighted by Gasteiger charge is 2.17. The van der Waals surface area contributed by atoms with E-state index < -0.39 is 5.97 Å². The summed E-state index contributed by atoms with van der Waals surface area (Å²) in [7, 11) is 1.39. The van der Waals surface area contributed by atoms with E-state index in [0.29, 0.717) is 22.9 Å². The van der Waals surface area contributed by atoms with E-state index in [4.69, 9.17) is 16.3 Å². The van der Waals surface area contributed by atoms with Crippen LogP contribution in [0.25, 0.3) is 10.9 Å². The van der Waals surface area contributed by atoms with E-state index in [0.717, 1.165) is 19.3 Å². The molecule has 0 amide bonds. The van der Waals surface area contributed by atoms with E-state index in [1.54, 1.807) is 0 Å². The molecular weight excluding hydrogens is 306 g/mol. The number of hydrogen-bond acceptors (Lipinski definition) is 3. The fourth-order valence-electron chi connectivity index (χ4n) is 2.50. The fraction of sp³-hybridized carbons (Fsp3) is 0.375. The zero-order valence-electron chi connectivity index (χ0n) is 12.5. The van der Waals surface area contributed by atoms with Crippen molar-refractivity contribution in [3.63, 3.8) is 0 Å². The lowest BCUT2D eigenvalue weighted by molar-refractivity contribution is 0.0693. The van der Waals surface area contributed by atoms with Gasteiger partial charge in [-0.3, -0.25) is 4.79 Å². The third kappa shape index (κ3) is 3.09. The van der Waals surface area contributed by atoms with Crippen molar-refractivity contribution in [2.75, 3.05) is 7.11 Å². The SMILES string of the molecule is CCCCCc1c(Cl)c(=O)[nH]c2cc(OC)c(C(=O)O)cc12. The topological polar surface area (TPSA) is 79.4 Å². The second kappa shape index (κ2) is 6.83. The number of benzene rings is 1. The van der Waals surface area contributed by atoms with E-state index in [1.165, 1.54) is 19.2 Å². The molecule has 0 fully saturated rings. The van der Waals surface area contributed by atoms with Crippen LogP contribution in [-0.2, 0) is 6.42 Å². The molecule has 1 aromatic heterocycles. The summed E-state index contributed by atoms with van der Waals surface area (Å²) in [6, 6.07) is 3.04. The van der Waals surface area contributed by atoms with Gasteiger partial charge in [-0.15, -0.1) is 0 Å². The number of halogens is 1. The number of methoxy groups -OCH3 is 1. The number of H-pyrrole nitrogens is 1. The van der Waals surface area contributed by atoms with Crippen LogP contribution < -0.4 is 10.3 Å². The third-order valence-electron chi connectivity index (χ3n) is 3.64. The van der Waals surface area contributed by atoms with Crippen molar-refractivity contribution in [1.29, 1.82) is 0 Å². The van der Waals surface area contributed by atoms with E-state index in [2.05, 4.69) is 11.9 Å². The van der Waals surface area contributed by atoms with Gasteiger partial charge in [0.15, 0.2) is 0 Å². The van der Waals surface area contributed by atoms with Gasteiger partial charge < -0.3 is 14.8 Å². The number of aromatic carboxylic acids is 1. The Hall–Kier alpha value is -2.01. The zero-order chi connectivity index (χ0) is 16.3. The summed E-state index contributed by atoms with van der Waals surface area (Å²) < 4.78 is 5.09. The lowest BCUT2D eigenvalue weighted by Crippen LogP contribution is -2.11. The molecule has 0 aliphatic rings. The summed E-state index contributed by atoms with van der Waals surface area (Å²) in [5.41, 5.74) is 0.905. The first-order valence-electron chi connectivity index (χ1n) is 7.15. The Kier molecular flexibility index (Phi) is 5.08. The van der Waals surface area contributed by atoms with Gasteiger partial charge in [-0.25, -0.2) is 4.79 Å². The highest BCUT2D eigenvalue weighted by atomic mass is 35.5. The van der Waals surface area contributed by atoms with Crippen LogP contribution in [0.3, 0.4) is 0 Å². The molecule has 0 bridgehead atoms. The Bertz CT molecular complexity index is 767. The van der Waals surface area contributed by atoms with Gasteiger partial charge in [0.1, 0.15) is 16.3 Å². The Labute approximate surface area is 132 Å². The third-order valence-corrected chi connectivity index (χ3v) is 4.04. The van der Waals surface area contributed by atoms with Crippen molar-refractivity contribution in [1.82, 2.24) is 4.98 Å². The zero-order valence-corrected chi connectivity index (χ0v) is 13.3. The normalized spacial score (nSPS) is 10.9. The summed E-state index contributed by atoms with van der Waals surface area (Å²) in [4.78, 5) is 26.0. The smallest absolute Gasteiger partial charge is 0.339 e. The van der Waals surface area contributed by atoms with Crippen molar-refractivity contribution in [3.05, 3.63) is 38.6 Å². The molecule has 118 valence electrons. The van der Waals surface area contributed by atoms with E-state index >= 15 is 0 Å². The summed E-state index contributed by atoms with van der Waals surface area (Å²) in [6.45, 7) is 2.09. The number of carboxylic acid groups (broad SMARTS) is 1. The molecule has 1 aromatic carbocycles. The minimum atomic E-state index is -1.08. The van der Waals surface area contributed by atoms with Crippen LogP contribution in [-0.4, -0.2) is 23.2 Å². The second-order valence-electron chi connectivity index (χ2n) is 5.11. The fourth-order valence-corrected chi connectivity index (χ4v) is 2.74. The molecule has 6 heteroatoms.